The van der Waals surface area contributed by atoms with Crippen LogP contribution in [0.25, 0.3) is 21.7 Å². The van der Waals surface area contributed by atoms with E-state index >= 15 is 0 Å². The summed E-state index contributed by atoms with van der Waals surface area (Å²) < 4.78 is 13.6. The van der Waals surface area contributed by atoms with Gasteiger partial charge in [0.1, 0.15) is 17.6 Å². The highest BCUT2D eigenvalue weighted by Crippen LogP contribution is 2.31. The number of primary amides is 1. The van der Waals surface area contributed by atoms with Crippen molar-refractivity contribution in [3.8, 4) is 17.4 Å². The fourth-order valence-corrected chi connectivity index (χ4v) is 5.34. The van der Waals surface area contributed by atoms with Gasteiger partial charge in [-0.1, -0.05) is 17.7 Å². The molecule has 11 nitrogen and oxygen atoms in total. The summed E-state index contributed by atoms with van der Waals surface area (Å²) in [5.41, 5.74) is 6.82. The summed E-state index contributed by atoms with van der Waals surface area (Å²) >= 11 is 6.10. The van der Waals surface area contributed by atoms with Gasteiger partial charge in [0.05, 0.1) is 17.3 Å². The molecular formula is C31H26ClN5O6. The van der Waals surface area contributed by atoms with Crippen LogP contribution in [-0.2, 0) is 11.3 Å². The zero-order valence-corrected chi connectivity index (χ0v) is 23.5. The molecule has 6 rings (SSSR count). The maximum Gasteiger partial charge on any atom is 0.252 e. The molecule has 0 aliphatic carbocycles. The standard InChI is InChI=1S/C31H26ClN5O6/c32-20-2-1-18-13-28(23(30(33)40)12-19(18)11-20)42-17-27(39)24-16-37(10-9-36-8-5-26(38)31(36)41)25-14-21(3-4-22(24)25)43-29-15-34-6-7-35-29/h1-4,6-7,11-16,26,38H,5,8-10,17H2,(H2,33,40). The second-order valence-electron chi connectivity index (χ2n) is 10.1. The summed E-state index contributed by atoms with van der Waals surface area (Å²) in [4.78, 5) is 47.8. The van der Waals surface area contributed by atoms with E-state index in [9.17, 15) is 19.5 Å². The van der Waals surface area contributed by atoms with Gasteiger partial charge in [-0.15, -0.1) is 0 Å². The molecule has 1 fully saturated rings. The van der Waals surface area contributed by atoms with Gasteiger partial charge in [-0.2, -0.15) is 0 Å². The van der Waals surface area contributed by atoms with Crippen LogP contribution in [0.5, 0.6) is 17.4 Å². The van der Waals surface area contributed by atoms with Crippen LogP contribution in [0.2, 0.25) is 5.02 Å². The predicted octanol–water partition coefficient (Wildman–Crippen LogP) is 3.98. The summed E-state index contributed by atoms with van der Waals surface area (Å²) in [6.07, 6.45) is 5.65. The molecule has 1 aliphatic rings. The van der Waals surface area contributed by atoms with Crippen molar-refractivity contribution in [2.24, 2.45) is 5.73 Å². The lowest BCUT2D eigenvalue weighted by molar-refractivity contribution is -0.134. The van der Waals surface area contributed by atoms with Crippen LogP contribution in [0.15, 0.2) is 73.3 Å². The number of ketones is 1. The molecule has 0 bridgehead atoms. The van der Waals surface area contributed by atoms with Crippen LogP contribution >= 0.6 is 11.6 Å². The maximum absolute atomic E-state index is 13.5. The molecule has 0 spiro atoms. The second-order valence-corrected chi connectivity index (χ2v) is 10.5. The average molecular weight is 600 g/mol. The predicted molar refractivity (Wildman–Crippen MR) is 159 cm³/mol. The highest BCUT2D eigenvalue weighted by molar-refractivity contribution is 6.31. The number of nitrogens with zero attached hydrogens (tertiary/aromatic N) is 4. The molecule has 43 heavy (non-hydrogen) atoms. The van der Waals surface area contributed by atoms with Gasteiger partial charge >= 0.3 is 0 Å². The second kappa shape index (κ2) is 11.7. The van der Waals surface area contributed by atoms with Crippen molar-refractivity contribution in [1.82, 2.24) is 19.4 Å². The molecule has 1 saturated heterocycles. The van der Waals surface area contributed by atoms with Crippen molar-refractivity contribution >= 4 is 50.9 Å². The van der Waals surface area contributed by atoms with Crippen LogP contribution in [-0.4, -0.2) is 67.9 Å². The summed E-state index contributed by atoms with van der Waals surface area (Å²) in [7, 11) is 0. The van der Waals surface area contributed by atoms with Gasteiger partial charge in [0.2, 0.25) is 11.7 Å². The number of aromatic nitrogens is 3. The highest BCUT2D eigenvalue weighted by atomic mass is 35.5. The number of rotatable bonds is 10. The van der Waals surface area contributed by atoms with Crippen molar-refractivity contribution in [2.45, 2.75) is 19.1 Å². The number of nitrogens with two attached hydrogens (primary N) is 1. The third-order valence-electron chi connectivity index (χ3n) is 7.32. The Labute approximate surface area is 250 Å². The zero-order chi connectivity index (χ0) is 30.1. The normalized spacial score (nSPS) is 14.9. The third kappa shape index (κ3) is 5.85. The summed E-state index contributed by atoms with van der Waals surface area (Å²) in [5.74, 6) is -0.355. The smallest absolute Gasteiger partial charge is 0.252 e. The van der Waals surface area contributed by atoms with Crippen LogP contribution in [0.3, 0.4) is 0 Å². The molecule has 2 amide bonds. The molecule has 3 heterocycles. The minimum Gasteiger partial charge on any atom is -0.485 e. The van der Waals surface area contributed by atoms with Gasteiger partial charge in [-0.25, -0.2) is 4.98 Å². The molecule has 3 N–H and O–H groups in total. The first-order valence-corrected chi connectivity index (χ1v) is 13.9. The van der Waals surface area contributed by atoms with Gasteiger partial charge in [0.25, 0.3) is 11.8 Å². The number of aliphatic hydroxyl groups excluding tert-OH is 1. The van der Waals surface area contributed by atoms with Gasteiger partial charge in [-0.05, 0) is 53.6 Å². The summed E-state index contributed by atoms with van der Waals surface area (Å²) in [6.45, 7) is 0.825. The molecule has 0 saturated carbocycles. The van der Waals surface area contributed by atoms with Crippen molar-refractivity contribution in [2.75, 3.05) is 19.7 Å². The number of likely N-dealkylation sites (tertiary alicyclic amines) is 1. The first kappa shape index (κ1) is 28.1. The van der Waals surface area contributed by atoms with Gasteiger partial charge in [-0.3, -0.25) is 19.4 Å². The van der Waals surface area contributed by atoms with E-state index in [2.05, 4.69) is 9.97 Å². The lowest BCUT2D eigenvalue weighted by Gasteiger charge is -2.16. The Bertz CT molecular complexity index is 1880. The molecule has 0 radical (unpaired) electrons. The van der Waals surface area contributed by atoms with E-state index in [0.29, 0.717) is 64.6 Å². The van der Waals surface area contributed by atoms with Gasteiger partial charge in [0.15, 0.2) is 6.61 Å². The number of Topliss-reactive ketones (excluding diaryl/α,β-unsaturated/α-hetero) is 1. The summed E-state index contributed by atoms with van der Waals surface area (Å²) in [5, 5.41) is 12.5. The Kier molecular flexibility index (Phi) is 7.66. The van der Waals surface area contributed by atoms with E-state index in [1.54, 1.807) is 59.6 Å². The van der Waals surface area contributed by atoms with E-state index in [1.807, 2.05) is 4.57 Å². The van der Waals surface area contributed by atoms with Crippen molar-refractivity contribution in [3.63, 3.8) is 0 Å². The van der Waals surface area contributed by atoms with E-state index in [0.717, 1.165) is 5.39 Å². The van der Waals surface area contributed by atoms with Gasteiger partial charge < -0.3 is 29.8 Å². The van der Waals surface area contributed by atoms with Crippen molar-refractivity contribution in [1.29, 1.82) is 0 Å². The average Bonchev–Trinajstić information content (AvgIpc) is 3.53. The SMILES string of the molecule is NC(=O)c1cc2cc(Cl)ccc2cc1OCC(=O)c1cn(CCN2CCC(O)C2=O)c2cc(Oc3cnccn3)ccc12. The zero-order valence-electron chi connectivity index (χ0n) is 22.8. The quantitative estimate of drug-likeness (QED) is 0.229. The number of carbonyl (C=O) groups excluding carboxylic acids is 3. The number of halogens is 1. The Morgan fingerprint density at radius 1 is 1.05 bits per heavy atom. The Hall–Kier alpha value is -5.00. The monoisotopic (exact) mass is 599 g/mol. The van der Waals surface area contributed by atoms with Crippen LogP contribution < -0.4 is 15.2 Å². The molecule has 1 atom stereocenters. The molecule has 5 aromatic rings. The van der Waals surface area contributed by atoms with Crippen molar-refractivity contribution < 1.29 is 29.0 Å². The Morgan fingerprint density at radius 3 is 2.65 bits per heavy atom. The number of benzene rings is 3. The number of aliphatic hydroxyl groups is 1. The van der Waals surface area contributed by atoms with E-state index in [-0.39, 0.29) is 29.6 Å². The molecule has 2 aromatic heterocycles. The summed E-state index contributed by atoms with van der Waals surface area (Å²) in [6, 6.07) is 13.7. The lowest BCUT2D eigenvalue weighted by atomic mass is 10.1. The van der Waals surface area contributed by atoms with E-state index in [4.69, 9.17) is 26.8 Å². The minimum absolute atomic E-state index is 0.133. The first-order valence-electron chi connectivity index (χ1n) is 13.5. The molecular weight excluding hydrogens is 574 g/mol. The Morgan fingerprint density at radius 2 is 1.91 bits per heavy atom. The fourth-order valence-electron chi connectivity index (χ4n) is 5.15. The lowest BCUT2D eigenvalue weighted by Crippen LogP contribution is -2.32. The molecule has 218 valence electrons. The van der Waals surface area contributed by atoms with E-state index < -0.39 is 12.0 Å². The highest BCUT2D eigenvalue weighted by Gasteiger charge is 2.29. The first-order chi connectivity index (χ1) is 20.8. The van der Waals surface area contributed by atoms with E-state index in [1.165, 1.54) is 18.6 Å². The number of hydrogen-bond acceptors (Lipinski definition) is 8. The van der Waals surface area contributed by atoms with Crippen LogP contribution in [0.1, 0.15) is 27.1 Å². The van der Waals surface area contributed by atoms with Gasteiger partial charge in [0, 0.05) is 60.3 Å². The number of hydrogen-bond donors (Lipinski definition) is 2. The number of carbonyl (C=O) groups is 3. The molecule has 3 aromatic carbocycles. The topological polar surface area (TPSA) is 150 Å². The fraction of sp³-hybridized carbons (Fsp3) is 0.194. The van der Waals surface area contributed by atoms with Crippen LogP contribution in [0, 0.1) is 0 Å². The maximum atomic E-state index is 13.5. The number of fused-ring (bicyclic) bond motifs is 2. The minimum atomic E-state index is -0.986. The molecule has 12 heteroatoms. The molecule has 1 aliphatic heterocycles. The Balaban J connectivity index is 1.29. The number of ether oxygens (including phenoxy) is 2. The third-order valence-corrected chi connectivity index (χ3v) is 7.56. The van der Waals surface area contributed by atoms with Crippen molar-refractivity contribution in [3.05, 3.63) is 89.5 Å². The number of amides is 2. The largest absolute Gasteiger partial charge is 0.485 e. The van der Waals surface area contributed by atoms with Crippen LogP contribution in [0.4, 0.5) is 0 Å². The molecule has 1 unspecified atom stereocenters.